The van der Waals surface area contributed by atoms with Crippen LogP contribution < -0.4 is 10.6 Å². The summed E-state index contributed by atoms with van der Waals surface area (Å²) in [6.07, 6.45) is 1.70. The average molecular weight is 440 g/mol. The van der Waals surface area contributed by atoms with E-state index in [1.165, 1.54) is 18.3 Å². The van der Waals surface area contributed by atoms with Crippen LogP contribution in [0, 0.1) is 0 Å². The van der Waals surface area contributed by atoms with E-state index in [2.05, 4.69) is 25.6 Å². The van der Waals surface area contributed by atoms with Gasteiger partial charge in [-0.05, 0) is 42.5 Å². The third kappa shape index (κ3) is 3.91. The topological polar surface area (TPSA) is 96.9 Å². The summed E-state index contributed by atoms with van der Waals surface area (Å²) < 4.78 is 0.861. The van der Waals surface area contributed by atoms with E-state index in [4.69, 9.17) is 0 Å². The minimum absolute atomic E-state index is 0.143. The van der Waals surface area contributed by atoms with Gasteiger partial charge in [-0.3, -0.25) is 19.9 Å². The molecule has 0 aliphatic carbocycles. The maximum Gasteiger partial charge on any atom is 0.258 e. The molecule has 0 aliphatic rings. The van der Waals surface area contributed by atoms with Gasteiger partial charge in [-0.15, -0.1) is 0 Å². The van der Waals surface area contributed by atoms with E-state index < -0.39 is 0 Å². The standard InChI is InChI=1S/C24H17N5O2S/c1-14(30)26-15-9-10-20-22(12-15)32-24(28-20)29-23(31)17-13-21(19-8-4-5-11-25-19)27-18-7-3-2-6-16(17)18/h2-13H,1H3,(H,26,30)(H,28,29,31). The number of nitrogens with one attached hydrogen (secondary N) is 2. The number of hydrogen-bond donors (Lipinski definition) is 2. The minimum Gasteiger partial charge on any atom is -0.326 e. The summed E-state index contributed by atoms with van der Waals surface area (Å²) >= 11 is 1.35. The molecule has 5 aromatic rings. The molecule has 0 saturated carbocycles. The molecule has 0 saturated heterocycles. The zero-order chi connectivity index (χ0) is 22.1. The molecule has 2 aromatic carbocycles. The Bertz CT molecular complexity index is 1480. The van der Waals surface area contributed by atoms with Gasteiger partial charge in [0.2, 0.25) is 5.91 Å². The van der Waals surface area contributed by atoms with Crippen LogP contribution in [0.15, 0.2) is 72.9 Å². The fraction of sp³-hybridized carbons (Fsp3) is 0.0417. The lowest BCUT2D eigenvalue weighted by molar-refractivity contribution is -0.114. The lowest BCUT2D eigenvalue weighted by atomic mass is 10.1. The predicted molar refractivity (Wildman–Crippen MR) is 127 cm³/mol. The Labute approximate surface area is 187 Å². The molecular formula is C24H17N5O2S. The van der Waals surface area contributed by atoms with E-state index in [1.54, 1.807) is 18.3 Å². The van der Waals surface area contributed by atoms with Crippen LogP contribution in [0.5, 0.6) is 0 Å². The zero-order valence-corrected chi connectivity index (χ0v) is 17.8. The molecule has 3 aromatic heterocycles. The van der Waals surface area contributed by atoms with Crippen LogP contribution in [0.1, 0.15) is 17.3 Å². The van der Waals surface area contributed by atoms with E-state index in [9.17, 15) is 9.59 Å². The van der Waals surface area contributed by atoms with Crippen LogP contribution in [0.2, 0.25) is 0 Å². The number of thiazole rings is 1. The number of anilines is 2. The van der Waals surface area contributed by atoms with Crippen LogP contribution in [0.3, 0.4) is 0 Å². The smallest absolute Gasteiger partial charge is 0.258 e. The van der Waals surface area contributed by atoms with Crippen molar-refractivity contribution in [2.45, 2.75) is 6.92 Å². The van der Waals surface area contributed by atoms with Gasteiger partial charge in [0.15, 0.2) is 5.13 Å². The minimum atomic E-state index is -0.276. The van der Waals surface area contributed by atoms with Gasteiger partial charge >= 0.3 is 0 Å². The van der Waals surface area contributed by atoms with Crippen molar-refractivity contribution in [1.29, 1.82) is 0 Å². The molecule has 0 spiro atoms. The maximum absolute atomic E-state index is 13.3. The summed E-state index contributed by atoms with van der Waals surface area (Å²) in [7, 11) is 0. The molecular weight excluding hydrogens is 422 g/mol. The molecule has 0 aliphatic heterocycles. The van der Waals surface area contributed by atoms with Crippen LogP contribution in [-0.4, -0.2) is 26.8 Å². The highest BCUT2D eigenvalue weighted by atomic mass is 32.1. The molecule has 0 atom stereocenters. The van der Waals surface area contributed by atoms with Crippen molar-refractivity contribution in [3.8, 4) is 11.4 Å². The molecule has 0 bridgehead atoms. The van der Waals surface area contributed by atoms with Gasteiger partial charge in [-0.1, -0.05) is 35.6 Å². The second-order valence-corrected chi connectivity index (χ2v) is 8.15. The summed E-state index contributed by atoms with van der Waals surface area (Å²) in [4.78, 5) is 38.1. The van der Waals surface area contributed by atoms with Gasteiger partial charge in [0.1, 0.15) is 0 Å². The van der Waals surface area contributed by atoms with E-state index in [-0.39, 0.29) is 11.8 Å². The number of nitrogens with zero attached hydrogens (tertiary/aromatic N) is 3. The number of benzene rings is 2. The van der Waals surface area contributed by atoms with E-state index in [0.29, 0.717) is 33.3 Å². The zero-order valence-electron chi connectivity index (χ0n) is 17.0. The second-order valence-electron chi connectivity index (χ2n) is 7.12. The lowest BCUT2D eigenvalue weighted by Crippen LogP contribution is -2.13. The normalized spacial score (nSPS) is 10.9. The number of rotatable bonds is 4. The van der Waals surface area contributed by atoms with Crippen LogP contribution >= 0.6 is 11.3 Å². The van der Waals surface area contributed by atoms with Crippen molar-refractivity contribution >= 4 is 55.1 Å². The SMILES string of the molecule is CC(=O)Nc1ccc2nc(NC(=O)c3cc(-c4ccccn4)nc4ccccc34)sc2c1. The number of hydrogen-bond acceptors (Lipinski definition) is 6. The number of aromatic nitrogens is 3. The number of para-hydroxylation sites is 1. The molecule has 7 nitrogen and oxygen atoms in total. The van der Waals surface area contributed by atoms with E-state index in [1.807, 2.05) is 54.6 Å². The number of pyridine rings is 2. The monoisotopic (exact) mass is 439 g/mol. The predicted octanol–water partition coefficient (Wildman–Crippen LogP) is 5.12. The first kappa shape index (κ1) is 19.8. The summed E-state index contributed by atoms with van der Waals surface area (Å²) in [6, 6.07) is 20.3. The molecule has 0 radical (unpaired) electrons. The van der Waals surface area contributed by atoms with Gasteiger partial charge in [0, 0.05) is 24.2 Å². The molecule has 0 unspecified atom stereocenters. The van der Waals surface area contributed by atoms with Gasteiger partial charge < -0.3 is 5.32 Å². The number of amides is 2. The lowest BCUT2D eigenvalue weighted by Gasteiger charge is -2.09. The first-order valence-electron chi connectivity index (χ1n) is 9.87. The van der Waals surface area contributed by atoms with Crippen molar-refractivity contribution in [2.24, 2.45) is 0 Å². The van der Waals surface area contributed by atoms with Crippen molar-refractivity contribution < 1.29 is 9.59 Å². The van der Waals surface area contributed by atoms with E-state index >= 15 is 0 Å². The van der Waals surface area contributed by atoms with Crippen LogP contribution in [0.4, 0.5) is 10.8 Å². The number of fused-ring (bicyclic) bond motifs is 2. The Kier molecular flexibility index (Phi) is 5.04. The van der Waals surface area contributed by atoms with Crippen molar-refractivity contribution in [3.63, 3.8) is 0 Å². The van der Waals surface area contributed by atoms with Crippen molar-refractivity contribution in [2.75, 3.05) is 10.6 Å². The third-order valence-electron chi connectivity index (χ3n) is 4.82. The van der Waals surface area contributed by atoms with Crippen molar-refractivity contribution in [3.05, 3.63) is 78.5 Å². The Morgan fingerprint density at radius 1 is 0.844 bits per heavy atom. The third-order valence-corrected chi connectivity index (χ3v) is 5.75. The molecule has 5 rings (SSSR count). The Balaban J connectivity index is 1.51. The number of carbonyl (C=O) groups is 2. The van der Waals surface area contributed by atoms with Crippen molar-refractivity contribution in [1.82, 2.24) is 15.0 Å². The molecule has 32 heavy (non-hydrogen) atoms. The highest BCUT2D eigenvalue weighted by molar-refractivity contribution is 7.22. The molecule has 2 amide bonds. The van der Waals surface area contributed by atoms with Crippen LogP contribution in [-0.2, 0) is 4.79 Å². The Hall–Kier alpha value is -4.17. The Morgan fingerprint density at radius 2 is 1.69 bits per heavy atom. The summed E-state index contributed by atoms with van der Waals surface area (Å²) in [6.45, 7) is 1.46. The van der Waals surface area contributed by atoms with E-state index in [0.717, 1.165) is 15.6 Å². The van der Waals surface area contributed by atoms with Gasteiger partial charge in [-0.25, -0.2) is 9.97 Å². The quantitative estimate of drug-likeness (QED) is 0.405. The van der Waals surface area contributed by atoms with Gasteiger partial charge in [0.25, 0.3) is 5.91 Å². The summed E-state index contributed by atoms with van der Waals surface area (Å²) in [5.41, 5.74) is 3.95. The fourth-order valence-corrected chi connectivity index (χ4v) is 4.33. The van der Waals surface area contributed by atoms with Crippen LogP contribution in [0.25, 0.3) is 32.5 Å². The van der Waals surface area contributed by atoms with Gasteiger partial charge in [0.05, 0.1) is 32.7 Å². The van der Waals surface area contributed by atoms with Gasteiger partial charge in [-0.2, -0.15) is 0 Å². The fourth-order valence-electron chi connectivity index (χ4n) is 3.43. The largest absolute Gasteiger partial charge is 0.326 e. The second kappa shape index (κ2) is 8.16. The highest BCUT2D eigenvalue weighted by Crippen LogP contribution is 2.30. The Morgan fingerprint density at radius 3 is 2.50 bits per heavy atom. The molecule has 0 fully saturated rings. The molecule has 2 N–H and O–H groups in total. The summed E-state index contributed by atoms with van der Waals surface area (Å²) in [5.74, 6) is -0.419. The first-order chi connectivity index (χ1) is 15.6. The highest BCUT2D eigenvalue weighted by Gasteiger charge is 2.16. The molecule has 156 valence electrons. The molecule has 8 heteroatoms. The average Bonchev–Trinajstić information content (AvgIpc) is 3.20. The summed E-state index contributed by atoms with van der Waals surface area (Å²) in [5, 5.41) is 6.89. The maximum atomic E-state index is 13.3. The first-order valence-corrected chi connectivity index (χ1v) is 10.7. The molecule has 3 heterocycles. The number of carbonyl (C=O) groups excluding carboxylic acids is 2.